The van der Waals surface area contributed by atoms with Gasteiger partial charge < -0.3 is 19.0 Å². The Morgan fingerprint density at radius 2 is 2.09 bits per heavy atom. The normalized spacial score (nSPS) is 11.0. The third-order valence-electron chi connectivity index (χ3n) is 4.22. The first-order valence-corrected chi connectivity index (χ1v) is 11.1. The number of hydrogen-bond donors (Lipinski definition) is 2. The number of hydrazone groups is 1. The Balaban J connectivity index is 1.80. The zero-order valence-electron chi connectivity index (χ0n) is 16.9. The lowest BCUT2D eigenvalue weighted by Crippen LogP contribution is -2.16. The number of carbonyl (C=O) groups excluding carboxylic acids is 1. The SMILES string of the molecule is C=CCc1cc(/C=N\NC(=O)c2cc3cc(Br)cc(I)c3o2)cc(OC)c1OCC(=O)O. The number of fused-ring (bicyclic) bond motifs is 1. The zero-order chi connectivity index (χ0) is 23.3. The molecule has 0 saturated heterocycles. The van der Waals surface area contributed by atoms with Crippen LogP contribution < -0.4 is 14.9 Å². The topological polar surface area (TPSA) is 110 Å². The second-order valence-electron chi connectivity index (χ2n) is 6.50. The molecule has 32 heavy (non-hydrogen) atoms. The van der Waals surface area contributed by atoms with Gasteiger partial charge in [-0.25, -0.2) is 10.2 Å². The Bertz CT molecular complexity index is 1220. The molecule has 2 N–H and O–H groups in total. The quantitative estimate of drug-likeness (QED) is 0.156. The van der Waals surface area contributed by atoms with E-state index in [2.05, 4.69) is 55.6 Å². The van der Waals surface area contributed by atoms with E-state index in [1.807, 2.05) is 12.1 Å². The molecule has 1 heterocycles. The molecule has 2 aromatic carbocycles. The number of allylic oxidation sites excluding steroid dienone is 1. The molecular formula is C22H18BrIN2O6. The highest BCUT2D eigenvalue weighted by Crippen LogP contribution is 2.33. The molecule has 166 valence electrons. The van der Waals surface area contributed by atoms with Gasteiger partial charge in [0, 0.05) is 15.4 Å². The van der Waals surface area contributed by atoms with Gasteiger partial charge in [-0.3, -0.25) is 4.79 Å². The predicted molar refractivity (Wildman–Crippen MR) is 132 cm³/mol. The largest absolute Gasteiger partial charge is 0.493 e. The fourth-order valence-corrected chi connectivity index (χ4v) is 4.58. The summed E-state index contributed by atoms with van der Waals surface area (Å²) in [6.45, 7) is 3.21. The summed E-state index contributed by atoms with van der Waals surface area (Å²) in [5, 5.41) is 13.7. The number of nitrogens with one attached hydrogen (secondary N) is 1. The predicted octanol–water partition coefficient (Wildman–Crippen LogP) is 4.76. The molecular weight excluding hydrogens is 595 g/mol. The smallest absolute Gasteiger partial charge is 0.341 e. The van der Waals surface area contributed by atoms with Gasteiger partial charge in [-0.2, -0.15) is 5.10 Å². The molecule has 0 aliphatic rings. The zero-order valence-corrected chi connectivity index (χ0v) is 20.6. The fourth-order valence-electron chi connectivity index (χ4n) is 2.92. The maximum Gasteiger partial charge on any atom is 0.341 e. The van der Waals surface area contributed by atoms with Gasteiger partial charge >= 0.3 is 11.9 Å². The van der Waals surface area contributed by atoms with Gasteiger partial charge in [-0.1, -0.05) is 22.0 Å². The summed E-state index contributed by atoms with van der Waals surface area (Å²) >= 11 is 5.56. The monoisotopic (exact) mass is 612 g/mol. The van der Waals surface area contributed by atoms with Crippen molar-refractivity contribution in [1.29, 1.82) is 0 Å². The minimum Gasteiger partial charge on any atom is -0.493 e. The van der Waals surface area contributed by atoms with Crippen molar-refractivity contribution in [1.82, 2.24) is 5.43 Å². The van der Waals surface area contributed by atoms with Gasteiger partial charge in [0.25, 0.3) is 0 Å². The molecule has 0 saturated carbocycles. The molecule has 1 aromatic heterocycles. The van der Waals surface area contributed by atoms with Gasteiger partial charge in [-0.05, 0) is 64.9 Å². The molecule has 3 rings (SSSR count). The number of ether oxygens (including phenoxy) is 2. The van der Waals surface area contributed by atoms with Crippen LogP contribution in [0.25, 0.3) is 11.0 Å². The first-order chi connectivity index (χ1) is 15.3. The van der Waals surface area contributed by atoms with Crippen molar-refractivity contribution in [3.05, 3.63) is 67.9 Å². The van der Waals surface area contributed by atoms with Gasteiger partial charge in [0.15, 0.2) is 23.9 Å². The fraction of sp³-hybridized carbons (Fsp3) is 0.136. The van der Waals surface area contributed by atoms with Crippen molar-refractivity contribution in [3.8, 4) is 11.5 Å². The highest BCUT2D eigenvalue weighted by molar-refractivity contribution is 14.1. The van der Waals surface area contributed by atoms with Crippen molar-refractivity contribution in [2.45, 2.75) is 6.42 Å². The lowest BCUT2D eigenvalue weighted by atomic mass is 10.1. The minimum atomic E-state index is -1.10. The lowest BCUT2D eigenvalue weighted by Gasteiger charge is -2.14. The minimum absolute atomic E-state index is 0.135. The molecule has 0 atom stereocenters. The summed E-state index contributed by atoms with van der Waals surface area (Å²) < 4.78 is 18.1. The van der Waals surface area contributed by atoms with E-state index in [1.165, 1.54) is 13.3 Å². The van der Waals surface area contributed by atoms with E-state index in [1.54, 1.807) is 24.3 Å². The van der Waals surface area contributed by atoms with E-state index in [0.717, 1.165) is 13.4 Å². The van der Waals surface area contributed by atoms with Crippen molar-refractivity contribution < 1.29 is 28.6 Å². The van der Waals surface area contributed by atoms with E-state index in [9.17, 15) is 9.59 Å². The third-order valence-corrected chi connectivity index (χ3v) is 5.48. The number of carbonyl (C=O) groups is 2. The second-order valence-corrected chi connectivity index (χ2v) is 8.58. The van der Waals surface area contributed by atoms with Crippen LogP contribution in [0.2, 0.25) is 0 Å². The van der Waals surface area contributed by atoms with Crippen LogP contribution in [-0.2, 0) is 11.2 Å². The number of methoxy groups -OCH3 is 1. The second kappa shape index (κ2) is 10.6. The number of hydrogen-bond acceptors (Lipinski definition) is 6. The van der Waals surface area contributed by atoms with Crippen molar-refractivity contribution in [3.63, 3.8) is 0 Å². The average Bonchev–Trinajstić information content (AvgIpc) is 3.17. The van der Waals surface area contributed by atoms with Crippen molar-refractivity contribution in [2.24, 2.45) is 5.10 Å². The van der Waals surface area contributed by atoms with Crippen LogP contribution in [0, 0.1) is 3.57 Å². The van der Waals surface area contributed by atoms with Crippen molar-refractivity contribution >= 4 is 67.6 Å². The summed E-state index contributed by atoms with van der Waals surface area (Å²) in [6, 6.07) is 8.78. The van der Waals surface area contributed by atoms with E-state index in [-0.39, 0.29) is 5.76 Å². The number of furan rings is 1. The number of carboxylic acids is 1. The summed E-state index contributed by atoms with van der Waals surface area (Å²) in [4.78, 5) is 23.3. The van der Waals surface area contributed by atoms with Crippen LogP contribution in [0.15, 0.2) is 57.0 Å². The Morgan fingerprint density at radius 1 is 1.31 bits per heavy atom. The van der Waals surface area contributed by atoms with Gasteiger partial charge in [0.05, 0.1) is 16.9 Å². The van der Waals surface area contributed by atoms with Gasteiger partial charge in [0.1, 0.15) is 5.58 Å². The van der Waals surface area contributed by atoms with Crippen LogP contribution in [0.5, 0.6) is 11.5 Å². The summed E-state index contributed by atoms with van der Waals surface area (Å²) in [5.74, 6) is -0.799. The third kappa shape index (κ3) is 5.68. The van der Waals surface area contributed by atoms with Gasteiger partial charge in [0.2, 0.25) is 0 Å². The maximum atomic E-state index is 12.5. The van der Waals surface area contributed by atoms with E-state index in [4.69, 9.17) is 19.0 Å². The average molecular weight is 613 g/mol. The standard InChI is InChI=1S/C22H18BrIN2O6/c1-3-4-13-5-12(6-17(30-2)21(13)31-11-19(27)28)10-25-26-22(29)18-8-14-7-15(23)9-16(24)20(14)32-18/h3,5-10H,1,4,11H2,2H3,(H,26,29)(H,27,28)/b25-10-. The Hall–Kier alpha value is -2.86. The summed E-state index contributed by atoms with van der Waals surface area (Å²) in [7, 11) is 1.45. The highest BCUT2D eigenvalue weighted by atomic mass is 127. The summed E-state index contributed by atoms with van der Waals surface area (Å²) in [6.07, 6.45) is 3.52. The van der Waals surface area contributed by atoms with E-state index in [0.29, 0.717) is 34.6 Å². The highest BCUT2D eigenvalue weighted by Gasteiger charge is 2.15. The van der Waals surface area contributed by atoms with Crippen molar-refractivity contribution in [2.75, 3.05) is 13.7 Å². The van der Waals surface area contributed by atoms with Crippen LogP contribution >= 0.6 is 38.5 Å². The molecule has 0 fully saturated rings. The first-order valence-electron chi connectivity index (χ1n) is 9.20. The molecule has 10 heteroatoms. The maximum absolute atomic E-state index is 12.5. The van der Waals surface area contributed by atoms with Crippen LogP contribution in [-0.4, -0.2) is 36.9 Å². The molecule has 1 amide bonds. The molecule has 0 spiro atoms. The number of benzene rings is 2. The number of rotatable bonds is 9. The Labute approximate surface area is 205 Å². The molecule has 8 nitrogen and oxygen atoms in total. The lowest BCUT2D eigenvalue weighted by molar-refractivity contribution is -0.139. The van der Waals surface area contributed by atoms with Gasteiger partial charge in [-0.15, -0.1) is 6.58 Å². The number of amides is 1. The number of nitrogens with zero attached hydrogens (tertiary/aromatic N) is 1. The molecule has 0 aliphatic heterocycles. The van der Waals surface area contributed by atoms with Crippen LogP contribution in [0.1, 0.15) is 21.7 Å². The summed E-state index contributed by atoms with van der Waals surface area (Å²) in [5.41, 5.74) is 4.35. The molecule has 0 aliphatic carbocycles. The van der Waals surface area contributed by atoms with Crippen LogP contribution in [0.3, 0.4) is 0 Å². The Kier molecular flexibility index (Phi) is 7.91. The number of halogens is 2. The molecule has 0 bridgehead atoms. The molecule has 0 unspecified atom stereocenters. The van der Waals surface area contributed by atoms with E-state index >= 15 is 0 Å². The number of aliphatic carboxylic acids is 1. The first kappa shape index (κ1) is 23.8. The van der Waals surface area contributed by atoms with Crippen LogP contribution in [0.4, 0.5) is 0 Å². The van der Waals surface area contributed by atoms with E-state index < -0.39 is 18.5 Å². The Morgan fingerprint density at radius 3 is 2.78 bits per heavy atom. The number of carboxylic acid groups (broad SMARTS) is 1. The molecule has 3 aromatic rings. The molecule has 0 radical (unpaired) electrons.